The Balaban J connectivity index is 1.83. The molecule has 0 unspecified atom stereocenters. The van der Waals surface area contributed by atoms with Gasteiger partial charge in [0, 0.05) is 28.4 Å². The van der Waals surface area contributed by atoms with Crippen LogP contribution in [-0.2, 0) is 6.18 Å². The monoisotopic (exact) mass is 312 g/mol. The smallest absolute Gasteiger partial charge is 0.361 e. The predicted molar refractivity (Wildman–Crippen MR) is 83.1 cm³/mol. The Hall–Kier alpha value is -2.87. The van der Waals surface area contributed by atoms with Gasteiger partial charge in [0.05, 0.1) is 5.56 Å². The van der Waals surface area contributed by atoms with Crippen LogP contribution in [0.25, 0.3) is 10.8 Å². The highest BCUT2D eigenvalue weighted by atomic mass is 19.4. The number of hydrogen-bond donors (Lipinski definition) is 2. The van der Waals surface area contributed by atoms with E-state index in [4.69, 9.17) is 0 Å². The molecular formula is C18H11F3N2. The van der Waals surface area contributed by atoms with Gasteiger partial charge in [-0.2, -0.15) is 13.2 Å². The van der Waals surface area contributed by atoms with E-state index in [9.17, 15) is 13.2 Å². The van der Waals surface area contributed by atoms with Crippen LogP contribution >= 0.6 is 0 Å². The molecule has 0 spiro atoms. The van der Waals surface area contributed by atoms with Gasteiger partial charge in [-0.3, -0.25) is 0 Å². The standard InChI is InChI=1S/C18H11F3N2/c19-18(20,21)13-8-2-1-7-12(13)17-22-14-9-3-5-11-6-4-10-15(23-17)16(11)14/h3-10,17,22-23H. The Morgan fingerprint density at radius 3 is 2.09 bits per heavy atom. The molecule has 2 N–H and O–H groups in total. The highest BCUT2D eigenvalue weighted by Crippen LogP contribution is 2.41. The molecule has 0 amide bonds. The Morgan fingerprint density at radius 1 is 0.870 bits per heavy atom. The Kier molecular flexibility index (Phi) is 2.88. The largest absolute Gasteiger partial charge is 0.417 e. The van der Waals surface area contributed by atoms with Crippen molar-refractivity contribution in [2.75, 3.05) is 10.6 Å². The molecule has 3 aromatic rings. The van der Waals surface area contributed by atoms with Crippen LogP contribution in [0, 0.1) is 12.1 Å². The number of benzene rings is 2. The quantitative estimate of drug-likeness (QED) is 0.661. The van der Waals surface area contributed by atoms with Crippen LogP contribution in [0.5, 0.6) is 0 Å². The minimum absolute atomic E-state index is 0.0998. The molecule has 0 atom stereocenters. The van der Waals surface area contributed by atoms with E-state index in [-0.39, 0.29) is 5.56 Å². The van der Waals surface area contributed by atoms with Crippen molar-refractivity contribution in [3.8, 4) is 0 Å². The summed E-state index contributed by atoms with van der Waals surface area (Å²) >= 11 is 0. The van der Waals surface area contributed by atoms with E-state index in [0.717, 1.165) is 28.2 Å². The van der Waals surface area contributed by atoms with Crippen molar-refractivity contribution in [2.24, 2.45) is 0 Å². The highest BCUT2D eigenvalue weighted by molar-refractivity contribution is 6.04. The molecule has 23 heavy (non-hydrogen) atoms. The predicted octanol–water partition coefficient (Wildman–Crippen LogP) is 5.00. The summed E-state index contributed by atoms with van der Waals surface area (Å²) < 4.78 is 39.7. The molecule has 114 valence electrons. The van der Waals surface area contributed by atoms with Gasteiger partial charge in [0.1, 0.15) is 6.17 Å². The minimum Gasteiger partial charge on any atom is -0.361 e. The zero-order valence-electron chi connectivity index (χ0n) is 11.8. The summed E-state index contributed by atoms with van der Waals surface area (Å²) in [5.74, 6) is 0. The number of hydrogen-bond acceptors (Lipinski definition) is 2. The van der Waals surface area contributed by atoms with Gasteiger partial charge in [-0.25, -0.2) is 0 Å². The van der Waals surface area contributed by atoms with Crippen molar-refractivity contribution >= 4 is 22.1 Å². The summed E-state index contributed by atoms with van der Waals surface area (Å²) in [6.45, 7) is 0. The van der Waals surface area contributed by atoms with Gasteiger partial charge in [0.25, 0.3) is 0 Å². The van der Waals surface area contributed by atoms with Crippen LogP contribution in [-0.4, -0.2) is 0 Å². The van der Waals surface area contributed by atoms with Gasteiger partial charge in [-0.05, 0) is 23.6 Å². The van der Waals surface area contributed by atoms with Gasteiger partial charge in [-0.15, -0.1) is 0 Å². The van der Waals surface area contributed by atoms with Crippen molar-refractivity contribution < 1.29 is 13.2 Å². The normalized spacial score (nSPS) is 14.0. The first-order valence-corrected chi connectivity index (χ1v) is 7.08. The van der Waals surface area contributed by atoms with Gasteiger partial charge in [0.15, 0.2) is 0 Å². The zero-order chi connectivity index (χ0) is 16.0. The third-order valence-electron chi connectivity index (χ3n) is 3.96. The average Bonchev–Trinajstić information content (AvgIpc) is 2.54. The van der Waals surface area contributed by atoms with Crippen LogP contribution in [0.15, 0.2) is 48.5 Å². The maximum absolute atomic E-state index is 13.2. The molecule has 1 aliphatic rings. The topological polar surface area (TPSA) is 24.1 Å². The number of nitrogens with one attached hydrogen (secondary N) is 2. The Morgan fingerprint density at radius 2 is 1.48 bits per heavy atom. The molecule has 5 heteroatoms. The molecule has 0 saturated heterocycles. The van der Waals surface area contributed by atoms with E-state index in [1.54, 1.807) is 0 Å². The van der Waals surface area contributed by atoms with Crippen molar-refractivity contribution in [2.45, 2.75) is 12.3 Å². The van der Waals surface area contributed by atoms with Gasteiger partial charge in [0.2, 0.25) is 0 Å². The molecule has 2 nitrogen and oxygen atoms in total. The van der Waals surface area contributed by atoms with E-state index >= 15 is 0 Å². The summed E-state index contributed by atoms with van der Waals surface area (Å²) in [5, 5.41) is 8.30. The molecule has 4 rings (SSSR count). The lowest BCUT2D eigenvalue weighted by Crippen LogP contribution is -2.26. The van der Waals surface area contributed by atoms with E-state index in [1.165, 1.54) is 6.07 Å². The second kappa shape index (κ2) is 4.82. The molecule has 0 bridgehead atoms. The molecule has 1 heterocycles. The fourth-order valence-corrected chi connectivity index (χ4v) is 2.96. The maximum Gasteiger partial charge on any atom is 0.417 e. The first-order chi connectivity index (χ1) is 11.0. The van der Waals surface area contributed by atoms with E-state index in [0.29, 0.717) is 0 Å². The third-order valence-corrected chi connectivity index (χ3v) is 3.96. The van der Waals surface area contributed by atoms with Gasteiger partial charge in [-0.1, -0.05) is 36.4 Å². The van der Waals surface area contributed by atoms with Crippen LogP contribution in [0.3, 0.4) is 0 Å². The molecule has 1 aliphatic heterocycles. The highest BCUT2D eigenvalue weighted by Gasteiger charge is 2.36. The number of anilines is 2. The van der Waals surface area contributed by atoms with E-state index < -0.39 is 17.9 Å². The minimum atomic E-state index is -4.44. The second-order valence-electron chi connectivity index (χ2n) is 5.38. The summed E-state index contributed by atoms with van der Waals surface area (Å²) in [6, 6.07) is 18.7. The molecule has 3 aromatic carbocycles. The fraction of sp³-hybridized carbons (Fsp3) is 0.111. The molecule has 0 radical (unpaired) electrons. The van der Waals surface area contributed by atoms with E-state index in [2.05, 4.69) is 22.8 Å². The molecule has 0 aliphatic carbocycles. The van der Waals surface area contributed by atoms with Crippen LogP contribution in [0.2, 0.25) is 0 Å². The fourth-order valence-electron chi connectivity index (χ4n) is 2.96. The SMILES string of the molecule is FC(F)(F)c1cc#ccc1C1Nc2cccc3cccc(c23)N1. The second-order valence-corrected chi connectivity index (χ2v) is 5.38. The van der Waals surface area contributed by atoms with Crippen LogP contribution in [0.1, 0.15) is 17.3 Å². The zero-order valence-corrected chi connectivity index (χ0v) is 11.8. The maximum atomic E-state index is 13.2. The van der Waals surface area contributed by atoms with Crippen molar-refractivity contribution in [3.05, 3.63) is 71.8 Å². The van der Waals surface area contributed by atoms with E-state index in [1.807, 2.05) is 36.4 Å². The summed E-state index contributed by atoms with van der Waals surface area (Å²) in [7, 11) is 0. The molecule has 0 aromatic heterocycles. The van der Waals surface area contributed by atoms with Gasteiger partial charge < -0.3 is 10.6 Å². The van der Waals surface area contributed by atoms with Crippen molar-refractivity contribution in [3.63, 3.8) is 0 Å². The average molecular weight is 312 g/mol. The lowest BCUT2D eigenvalue weighted by atomic mass is 10.00. The summed E-state index contributed by atoms with van der Waals surface area (Å²) in [4.78, 5) is 0. The van der Waals surface area contributed by atoms with Gasteiger partial charge >= 0.3 is 6.18 Å². The first-order valence-electron chi connectivity index (χ1n) is 7.08. The van der Waals surface area contributed by atoms with Crippen molar-refractivity contribution in [1.29, 1.82) is 0 Å². The number of rotatable bonds is 1. The number of halogens is 3. The van der Waals surface area contributed by atoms with Crippen molar-refractivity contribution in [1.82, 2.24) is 0 Å². The van der Waals surface area contributed by atoms with Crippen LogP contribution < -0.4 is 10.6 Å². The van der Waals surface area contributed by atoms with Crippen LogP contribution in [0.4, 0.5) is 24.5 Å². The number of alkyl halides is 3. The lowest BCUT2D eigenvalue weighted by molar-refractivity contribution is -0.138. The summed E-state index contributed by atoms with van der Waals surface area (Å²) in [5.41, 5.74) is 1.00. The Labute approximate surface area is 130 Å². The lowest BCUT2D eigenvalue weighted by Gasteiger charge is -2.30. The molecule has 0 saturated carbocycles. The summed E-state index contributed by atoms with van der Waals surface area (Å²) in [6.07, 6.45) is -5.12. The Bertz CT molecular complexity index is 846. The first kappa shape index (κ1) is 13.8. The molecular weight excluding hydrogens is 301 g/mol. The molecule has 0 fully saturated rings. The third kappa shape index (κ3) is 2.23.